The number of hydrogen-bond donors (Lipinski definition) is 1. The van der Waals surface area contributed by atoms with Crippen LogP contribution in [0.15, 0.2) is 0 Å². The van der Waals surface area contributed by atoms with Gasteiger partial charge < -0.3 is 5.73 Å². The summed E-state index contributed by atoms with van der Waals surface area (Å²) in [5.41, 5.74) is 7.24. The standard InChI is InChI=1S/C13H22IN3/c1-8(2)6-9-11(14)12(15)17-10(16-9)7-13(3,4)5/h8H,6-7H2,1-5H3,(H2,15,16,17). The van der Waals surface area contributed by atoms with Crippen molar-refractivity contribution in [2.24, 2.45) is 11.3 Å². The summed E-state index contributed by atoms with van der Waals surface area (Å²) in [5.74, 6) is 2.07. The molecule has 1 rings (SSSR count). The van der Waals surface area contributed by atoms with E-state index in [0.717, 1.165) is 27.9 Å². The molecule has 0 aromatic carbocycles. The normalized spacial score (nSPS) is 12.2. The van der Waals surface area contributed by atoms with E-state index in [1.165, 1.54) is 0 Å². The third-order valence-electron chi connectivity index (χ3n) is 2.28. The Balaban J connectivity index is 3.06. The van der Waals surface area contributed by atoms with Crippen LogP contribution in [-0.4, -0.2) is 9.97 Å². The molecule has 1 aromatic heterocycles. The first-order valence-corrected chi connectivity index (χ1v) is 7.07. The van der Waals surface area contributed by atoms with Crippen molar-refractivity contribution in [2.45, 2.75) is 47.5 Å². The Morgan fingerprint density at radius 1 is 1.24 bits per heavy atom. The molecular formula is C13H22IN3. The van der Waals surface area contributed by atoms with Gasteiger partial charge in [0, 0.05) is 6.42 Å². The maximum Gasteiger partial charge on any atom is 0.140 e. The number of nitrogens with two attached hydrogens (primary N) is 1. The van der Waals surface area contributed by atoms with E-state index in [1.807, 2.05) is 0 Å². The first kappa shape index (κ1) is 14.7. The third kappa shape index (κ3) is 4.77. The second kappa shape index (κ2) is 5.50. The highest BCUT2D eigenvalue weighted by Crippen LogP contribution is 2.23. The van der Waals surface area contributed by atoms with Crippen LogP contribution in [0.5, 0.6) is 0 Å². The molecule has 0 atom stereocenters. The number of rotatable bonds is 3. The van der Waals surface area contributed by atoms with Crippen molar-refractivity contribution in [1.29, 1.82) is 0 Å². The fraction of sp³-hybridized carbons (Fsp3) is 0.692. The summed E-state index contributed by atoms with van der Waals surface area (Å²) < 4.78 is 1.01. The molecule has 3 nitrogen and oxygen atoms in total. The molecule has 0 amide bonds. The van der Waals surface area contributed by atoms with E-state index in [0.29, 0.717) is 11.7 Å². The summed E-state index contributed by atoms with van der Waals surface area (Å²) >= 11 is 2.24. The smallest absolute Gasteiger partial charge is 0.140 e. The van der Waals surface area contributed by atoms with Crippen molar-refractivity contribution < 1.29 is 0 Å². The number of nitrogens with zero attached hydrogens (tertiary/aromatic N) is 2. The molecule has 4 heteroatoms. The van der Waals surface area contributed by atoms with E-state index in [1.54, 1.807) is 0 Å². The lowest BCUT2D eigenvalue weighted by Crippen LogP contribution is -2.15. The highest BCUT2D eigenvalue weighted by molar-refractivity contribution is 14.1. The molecule has 0 saturated carbocycles. The molecule has 2 N–H and O–H groups in total. The van der Waals surface area contributed by atoms with E-state index in [9.17, 15) is 0 Å². The fourth-order valence-corrected chi connectivity index (χ4v) is 2.10. The van der Waals surface area contributed by atoms with E-state index < -0.39 is 0 Å². The van der Waals surface area contributed by atoms with Crippen LogP contribution in [0.2, 0.25) is 0 Å². The lowest BCUT2D eigenvalue weighted by atomic mass is 9.92. The average molecular weight is 347 g/mol. The van der Waals surface area contributed by atoms with Crippen molar-refractivity contribution >= 4 is 28.4 Å². The number of halogens is 1. The van der Waals surface area contributed by atoms with E-state index >= 15 is 0 Å². The Kier molecular flexibility index (Phi) is 4.75. The Bertz CT molecular complexity index is 394. The van der Waals surface area contributed by atoms with Gasteiger partial charge in [-0.3, -0.25) is 0 Å². The van der Waals surface area contributed by atoms with Crippen LogP contribution in [0.3, 0.4) is 0 Å². The van der Waals surface area contributed by atoms with Crippen LogP contribution in [0.1, 0.15) is 46.1 Å². The number of anilines is 1. The predicted molar refractivity (Wildman–Crippen MR) is 80.9 cm³/mol. The summed E-state index contributed by atoms with van der Waals surface area (Å²) in [6.45, 7) is 10.9. The van der Waals surface area contributed by atoms with Crippen LogP contribution < -0.4 is 5.73 Å². The molecule has 17 heavy (non-hydrogen) atoms. The Morgan fingerprint density at radius 3 is 2.29 bits per heavy atom. The largest absolute Gasteiger partial charge is 0.383 e. The fourth-order valence-electron chi connectivity index (χ4n) is 1.64. The monoisotopic (exact) mass is 347 g/mol. The molecule has 0 fully saturated rings. The average Bonchev–Trinajstić information content (AvgIpc) is 2.09. The van der Waals surface area contributed by atoms with Gasteiger partial charge in [-0.15, -0.1) is 0 Å². The Labute approximate surface area is 118 Å². The summed E-state index contributed by atoms with van der Waals surface area (Å²) in [6, 6.07) is 0. The van der Waals surface area contributed by atoms with Crippen LogP contribution in [0, 0.1) is 14.9 Å². The van der Waals surface area contributed by atoms with E-state index in [4.69, 9.17) is 5.73 Å². The summed E-state index contributed by atoms with van der Waals surface area (Å²) in [5, 5.41) is 0. The van der Waals surface area contributed by atoms with Crippen LogP contribution in [0.4, 0.5) is 5.82 Å². The Hall–Kier alpha value is -0.390. The number of hydrogen-bond acceptors (Lipinski definition) is 3. The van der Waals surface area contributed by atoms with Gasteiger partial charge in [-0.05, 0) is 40.3 Å². The molecular weight excluding hydrogens is 325 g/mol. The minimum Gasteiger partial charge on any atom is -0.383 e. The first-order valence-electron chi connectivity index (χ1n) is 6.00. The van der Waals surface area contributed by atoms with Crippen molar-refractivity contribution in [1.82, 2.24) is 9.97 Å². The molecule has 0 saturated heterocycles. The molecule has 0 aliphatic heterocycles. The zero-order valence-corrected chi connectivity index (χ0v) is 13.5. The van der Waals surface area contributed by atoms with Gasteiger partial charge in [0.05, 0.1) is 9.26 Å². The van der Waals surface area contributed by atoms with Crippen LogP contribution in [0.25, 0.3) is 0 Å². The minimum absolute atomic E-state index is 0.189. The van der Waals surface area contributed by atoms with Gasteiger partial charge in [-0.25, -0.2) is 9.97 Å². The second-order valence-electron chi connectivity index (χ2n) is 6.12. The molecule has 0 aliphatic carbocycles. The molecule has 1 aromatic rings. The molecule has 0 bridgehead atoms. The van der Waals surface area contributed by atoms with Crippen LogP contribution in [-0.2, 0) is 12.8 Å². The summed E-state index contributed by atoms with van der Waals surface area (Å²) in [7, 11) is 0. The first-order chi connectivity index (χ1) is 7.69. The predicted octanol–water partition coefficient (Wildman–Crippen LogP) is 3.45. The quantitative estimate of drug-likeness (QED) is 0.852. The molecule has 0 spiro atoms. The second-order valence-corrected chi connectivity index (χ2v) is 7.20. The van der Waals surface area contributed by atoms with Gasteiger partial charge in [0.25, 0.3) is 0 Å². The molecule has 1 heterocycles. The van der Waals surface area contributed by atoms with Gasteiger partial charge in [0.2, 0.25) is 0 Å². The van der Waals surface area contributed by atoms with Gasteiger partial charge >= 0.3 is 0 Å². The zero-order chi connectivity index (χ0) is 13.2. The maximum absolute atomic E-state index is 5.96. The minimum atomic E-state index is 0.189. The molecule has 0 radical (unpaired) electrons. The third-order valence-corrected chi connectivity index (χ3v) is 3.46. The van der Waals surface area contributed by atoms with E-state index in [-0.39, 0.29) is 5.41 Å². The molecule has 0 unspecified atom stereocenters. The lowest BCUT2D eigenvalue weighted by molar-refractivity contribution is 0.400. The van der Waals surface area contributed by atoms with Crippen molar-refractivity contribution in [3.8, 4) is 0 Å². The SMILES string of the molecule is CC(C)Cc1nc(CC(C)(C)C)nc(N)c1I. The van der Waals surface area contributed by atoms with Crippen molar-refractivity contribution in [3.05, 3.63) is 15.1 Å². The van der Waals surface area contributed by atoms with E-state index in [2.05, 4.69) is 67.2 Å². The molecule has 0 aliphatic rings. The highest BCUT2D eigenvalue weighted by atomic mass is 127. The molecule has 96 valence electrons. The van der Waals surface area contributed by atoms with Crippen molar-refractivity contribution in [3.63, 3.8) is 0 Å². The van der Waals surface area contributed by atoms with Gasteiger partial charge in [-0.1, -0.05) is 34.6 Å². The lowest BCUT2D eigenvalue weighted by Gasteiger charge is -2.18. The van der Waals surface area contributed by atoms with Crippen LogP contribution >= 0.6 is 22.6 Å². The van der Waals surface area contributed by atoms with Gasteiger partial charge in [-0.2, -0.15) is 0 Å². The topological polar surface area (TPSA) is 51.8 Å². The Morgan fingerprint density at radius 2 is 1.82 bits per heavy atom. The van der Waals surface area contributed by atoms with Gasteiger partial charge in [0.15, 0.2) is 0 Å². The highest BCUT2D eigenvalue weighted by Gasteiger charge is 2.17. The summed E-state index contributed by atoms with van der Waals surface area (Å²) in [4.78, 5) is 9.05. The summed E-state index contributed by atoms with van der Waals surface area (Å²) in [6.07, 6.45) is 1.82. The van der Waals surface area contributed by atoms with Crippen molar-refractivity contribution in [2.75, 3.05) is 5.73 Å². The number of nitrogen functional groups attached to an aromatic ring is 1. The zero-order valence-electron chi connectivity index (χ0n) is 11.3. The van der Waals surface area contributed by atoms with Gasteiger partial charge in [0.1, 0.15) is 11.6 Å². The maximum atomic E-state index is 5.96. The number of aromatic nitrogens is 2.